The maximum atomic E-state index is 11.6. The van der Waals surface area contributed by atoms with Gasteiger partial charge in [-0.25, -0.2) is 0 Å². The smallest absolute Gasteiger partial charge is 0.355 e. The minimum Gasteiger partial charge on any atom is -0.355 e. The summed E-state index contributed by atoms with van der Waals surface area (Å²) in [5, 5.41) is 4.40. The topological polar surface area (TPSA) is 67.1 Å². The predicted octanol–water partition coefficient (Wildman–Crippen LogP) is -0.397. The lowest BCUT2D eigenvalue weighted by atomic mass is 10.4. The number of carbonyl (C=O) groups is 1. The van der Waals surface area contributed by atoms with Crippen molar-refractivity contribution >= 4 is 5.91 Å². The highest BCUT2D eigenvalue weighted by molar-refractivity contribution is 5.77. The zero-order valence-corrected chi connectivity index (χ0v) is 7.66. The average Bonchev–Trinajstić information content (AvgIpc) is 2.02. The largest absolute Gasteiger partial charge is 0.401 e. The van der Waals surface area contributed by atoms with Gasteiger partial charge in [-0.1, -0.05) is 0 Å². The van der Waals surface area contributed by atoms with Crippen LogP contribution in [0.5, 0.6) is 0 Å². The van der Waals surface area contributed by atoms with Crippen molar-refractivity contribution < 1.29 is 18.0 Å². The van der Waals surface area contributed by atoms with E-state index in [4.69, 9.17) is 5.73 Å². The molecule has 0 saturated heterocycles. The van der Waals surface area contributed by atoms with Gasteiger partial charge >= 0.3 is 6.18 Å². The molecule has 4 N–H and O–H groups in total. The second-order valence-electron chi connectivity index (χ2n) is 2.71. The van der Waals surface area contributed by atoms with Crippen molar-refractivity contribution in [1.82, 2.24) is 10.6 Å². The van der Waals surface area contributed by atoms with E-state index >= 15 is 0 Å². The summed E-state index contributed by atoms with van der Waals surface area (Å²) >= 11 is 0. The number of carbonyl (C=O) groups excluding carboxylic acids is 1. The summed E-state index contributed by atoms with van der Waals surface area (Å²) in [4.78, 5) is 10.8. The van der Waals surface area contributed by atoms with Gasteiger partial charge in [0.05, 0.1) is 13.1 Å². The third-order valence-corrected chi connectivity index (χ3v) is 1.31. The van der Waals surface area contributed by atoms with Gasteiger partial charge in [-0.3, -0.25) is 4.79 Å². The first kappa shape index (κ1) is 13.2. The molecule has 14 heavy (non-hydrogen) atoms. The molecule has 4 nitrogen and oxygen atoms in total. The number of halogens is 3. The van der Waals surface area contributed by atoms with Crippen molar-refractivity contribution in [3.8, 4) is 0 Å². The molecule has 0 unspecified atom stereocenters. The van der Waals surface area contributed by atoms with Crippen LogP contribution in [0, 0.1) is 0 Å². The fourth-order valence-electron chi connectivity index (χ4n) is 0.710. The quantitative estimate of drug-likeness (QED) is 0.526. The van der Waals surface area contributed by atoms with Gasteiger partial charge in [-0.2, -0.15) is 13.2 Å². The highest BCUT2D eigenvalue weighted by Gasteiger charge is 2.26. The standard InChI is InChI=1S/C7H14F3N3O/c8-7(9,10)5-12-4-6(14)13-3-1-2-11/h12H,1-5,11H2,(H,13,14). The molecule has 0 heterocycles. The van der Waals surface area contributed by atoms with E-state index in [1.165, 1.54) is 0 Å². The van der Waals surface area contributed by atoms with Gasteiger partial charge in [-0.15, -0.1) is 0 Å². The highest BCUT2D eigenvalue weighted by atomic mass is 19.4. The summed E-state index contributed by atoms with van der Waals surface area (Å²) in [6.45, 7) is -0.652. The van der Waals surface area contributed by atoms with Crippen LogP contribution in [0.15, 0.2) is 0 Å². The Bertz CT molecular complexity index is 172. The number of nitrogens with two attached hydrogens (primary N) is 1. The number of hydrogen-bond donors (Lipinski definition) is 3. The summed E-state index contributed by atoms with van der Waals surface area (Å²) in [5.41, 5.74) is 5.16. The average molecular weight is 213 g/mol. The third-order valence-electron chi connectivity index (χ3n) is 1.31. The van der Waals surface area contributed by atoms with Gasteiger partial charge in [0, 0.05) is 6.54 Å². The Balaban J connectivity index is 3.36. The maximum Gasteiger partial charge on any atom is 0.401 e. The molecule has 0 saturated carbocycles. The van der Waals surface area contributed by atoms with Gasteiger partial charge in [-0.05, 0) is 13.0 Å². The van der Waals surface area contributed by atoms with E-state index in [1.54, 1.807) is 0 Å². The lowest BCUT2D eigenvalue weighted by Gasteiger charge is -2.08. The molecule has 1 amide bonds. The molecule has 0 atom stereocenters. The number of alkyl halides is 3. The fraction of sp³-hybridized carbons (Fsp3) is 0.857. The number of amides is 1. The van der Waals surface area contributed by atoms with Crippen molar-refractivity contribution in [1.29, 1.82) is 0 Å². The minimum absolute atomic E-state index is 0.329. The van der Waals surface area contributed by atoms with E-state index in [1.807, 2.05) is 5.32 Å². The van der Waals surface area contributed by atoms with E-state index in [2.05, 4.69) is 5.32 Å². The number of nitrogens with one attached hydrogen (secondary N) is 2. The van der Waals surface area contributed by atoms with Gasteiger partial charge in [0.25, 0.3) is 0 Å². The summed E-state index contributed by atoms with van der Waals surface area (Å²) in [5.74, 6) is -0.456. The van der Waals surface area contributed by atoms with Crippen LogP contribution in [0.3, 0.4) is 0 Å². The van der Waals surface area contributed by atoms with Crippen molar-refractivity contribution in [2.45, 2.75) is 12.6 Å². The van der Waals surface area contributed by atoms with Crippen LogP contribution in [0.25, 0.3) is 0 Å². The molecule has 0 aromatic rings. The SMILES string of the molecule is NCCCNC(=O)CNCC(F)(F)F. The molecular weight excluding hydrogens is 199 g/mol. The van der Waals surface area contributed by atoms with Gasteiger partial charge in [0.15, 0.2) is 0 Å². The Morgan fingerprint density at radius 1 is 1.36 bits per heavy atom. The van der Waals surface area contributed by atoms with Crippen LogP contribution in [0.4, 0.5) is 13.2 Å². The van der Waals surface area contributed by atoms with Crippen LogP contribution >= 0.6 is 0 Å². The van der Waals surface area contributed by atoms with Crippen molar-refractivity contribution in [3.63, 3.8) is 0 Å². The van der Waals surface area contributed by atoms with Crippen molar-refractivity contribution in [2.75, 3.05) is 26.2 Å². The molecular formula is C7H14F3N3O. The van der Waals surface area contributed by atoms with E-state index in [0.29, 0.717) is 19.5 Å². The van der Waals surface area contributed by atoms with Crippen molar-refractivity contribution in [3.05, 3.63) is 0 Å². The van der Waals surface area contributed by atoms with Crippen LogP contribution in [-0.4, -0.2) is 38.3 Å². The van der Waals surface area contributed by atoms with E-state index in [-0.39, 0.29) is 6.54 Å². The highest BCUT2D eigenvalue weighted by Crippen LogP contribution is 2.11. The number of hydrogen-bond acceptors (Lipinski definition) is 3. The molecule has 0 fully saturated rings. The molecule has 0 radical (unpaired) electrons. The lowest BCUT2D eigenvalue weighted by Crippen LogP contribution is -2.38. The first-order chi connectivity index (χ1) is 6.45. The normalized spacial score (nSPS) is 11.4. The second kappa shape index (κ2) is 6.61. The molecule has 84 valence electrons. The fourth-order valence-corrected chi connectivity index (χ4v) is 0.710. The lowest BCUT2D eigenvalue weighted by molar-refractivity contribution is -0.128. The maximum absolute atomic E-state index is 11.6. The molecule has 0 bridgehead atoms. The molecule has 0 aromatic heterocycles. The molecule has 0 rings (SSSR count). The third kappa shape index (κ3) is 9.27. The second-order valence-corrected chi connectivity index (χ2v) is 2.71. The molecule has 0 aromatic carbocycles. The first-order valence-corrected chi connectivity index (χ1v) is 4.20. The monoisotopic (exact) mass is 213 g/mol. The van der Waals surface area contributed by atoms with Crippen LogP contribution < -0.4 is 16.4 Å². The Labute approximate surface area is 80.0 Å². The predicted molar refractivity (Wildman–Crippen MR) is 45.6 cm³/mol. The van der Waals surface area contributed by atoms with Crippen LogP contribution in [-0.2, 0) is 4.79 Å². The zero-order chi connectivity index (χ0) is 11.0. The Morgan fingerprint density at radius 3 is 2.50 bits per heavy atom. The summed E-state index contributed by atoms with van der Waals surface area (Å²) in [7, 11) is 0. The van der Waals surface area contributed by atoms with Gasteiger partial charge < -0.3 is 16.4 Å². The minimum atomic E-state index is -4.28. The Kier molecular flexibility index (Phi) is 6.22. The van der Waals surface area contributed by atoms with Crippen LogP contribution in [0.1, 0.15) is 6.42 Å². The summed E-state index contributed by atoms with van der Waals surface area (Å²) < 4.78 is 34.8. The Morgan fingerprint density at radius 2 is 2.00 bits per heavy atom. The summed E-state index contributed by atoms with van der Waals surface area (Å²) in [6.07, 6.45) is -3.66. The molecule has 0 aliphatic heterocycles. The Hall–Kier alpha value is -0.820. The molecule has 7 heteroatoms. The van der Waals surface area contributed by atoms with E-state index in [9.17, 15) is 18.0 Å². The van der Waals surface area contributed by atoms with Gasteiger partial charge in [0.1, 0.15) is 0 Å². The zero-order valence-electron chi connectivity index (χ0n) is 7.66. The number of rotatable bonds is 6. The summed E-state index contributed by atoms with van der Waals surface area (Å²) in [6, 6.07) is 0. The van der Waals surface area contributed by atoms with E-state index < -0.39 is 18.6 Å². The van der Waals surface area contributed by atoms with Gasteiger partial charge in [0.2, 0.25) is 5.91 Å². The van der Waals surface area contributed by atoms with Crippen molar-refractivity contribution in [2.24, 2.45) is 5.73 Å². The molecule has 0 aliphatic rings. The van der Waals surface area contributed by atoms with E-state index in [0.717, 1.165) is 0 Å². The first-order valence-electron chi connectivity index (χ1n) is 4.20. The molecule has 0 aliphatic carbocycles. The van der Waals surface area contributed by atoms with Crippen LogP contribution in [0.2, 0.25) is 0 Å². The molecule has 0 spiro atoms.